The molecule has 0 aliphatic rings. The van der Waals surface area contributed by atoms with Crippen LogP contribution >= 0.6 is 0 Å². The monoisotopic (exact) mass is 227 g/mol. The van der Waals surface area contributed by atoms with Crippen LogP contribution in [0.2, 0.25) is 0 Å². The van der Waals surface area contributed by atoms with Gasteiger partial charge in [-0.3, -0.25) is 4.90 Å². The lowest BCUT2D eigenvalue weighted by atomic mass is 10.2. The summed E-state index contributed by atoms with van der Waals surface area (Å²) in [7, 11) is 0. The van der Waals surface area contributed by atoms with Crippen molar-refractivity contribution >= 4 is 6.09 Å². The second-order valence-electron chi connectivity index (χ2n) is 4.41. The van der Waals surface area contributed by atoms with Gasteiger partial charge in [-0.25, -0.2) is 4.79 Å². The molecule has 0 saturated heterocycles. The smallest absolute Gasteiger partial charge is 0.411 e. The van der Waals surface area contributed by atoms with Crippen molar-refractivity contribution in [2.24, 2.45) is 0 Å². The number of nitrogens with zero attached hydrogens (tertiary/aromatic N) is 1. The summed E-state index contributed by atoms with van der Waals surface area (Å²) in [5.41, 5.74) is -0.558. The standard InChI is InChI=1S/C12H21NO3/c1-6-8-13(10(7-2)9-14)11(15)16-12(3,4)5/h6-7,10,14H,1-2,8-9H2,3-5H3/t10-/m0/s1. The number of aliphatic hydroxyl groups is 1. The van der Waals surface area contributed by atoms with E-state index in [1.165, 1.54) is 11.0 Å². The van der Waals surface area contributed by atoms with E-state index in [1.54, 1.807) is 26.8 Å². The van der Waals surface area contributed by atoms with E-state index < -0.39 is 17.7 Å². The van der Waals surface area contributed by atoms with Crippen molar-refractivity contribution < 1.29 is 14.6 Å². The predicted molar refractivity (Wildman–Crippen MR) is 64.2 cm³/mol. The van der Waals surface area contributed by atoms with E-state index in [0.29, 0.717) is 6.54 Å². The molecule has 0 aliphatic heterocycles. The first-order chi connectivity index (χ1) is 7.35. The summed E-state index contributed by atoms with van der Waals surface area (Å²) in [6, 6.07) is -0.451. The van der Waals surface area contributed by atoms with Gasteiger partial charge in [-0.1, -0.05) is 12.2 Å². The second kappa shape index (κ2) is 6.33. The number of carbonyl (C=O) groups excluding carboxylic acids is 1. The fourth-order valence-electron chi connectivity index (χ4n) is 1.11. The maximum absolute atomic E-state index is 11.8. The molecule has 0 rings (SSSR count). The topological polar surface area (TPSA) is 49.8 Å². The number of aliphatic hydroxyl groups excluding tert-OH is 1. The first-order valence-electron chi connectivity index (χ1n) is 5.19. The normalized spacial score (nSPS) is 12.8. The highest BCUT2D eigenvalue weighted by Gasteiger charge is 2.25. The van der Waals surface area contributed by atoms with Crippen LogP contribution in [0.1, 0.15) is 20.8 Å². The van der Waals surface area contributed by atoms with Gasteiger partial charge in [0.2, 0.25) is 0 Å². The Bertz CT molecular complexity index is 255. The molecule has 0 heterocycles. The molecule has 1 amide bonds. The van der Waals surface area contributed by atoms with E-state index in [0.717, 1.165) is 0 Å². The first kappa shape index (κ1) is 14.7. The van der Waals surface area contributed by atoms with Crippen molar-refractivity contribution in [3.05, 3.63) is 25.3 Å². The molecule has 4 heteroatoms. The molecule has 0 fully saturated rings. The zero-order valence-corrected chi connectivity index (χ0v) is 10.3. The molecule has 0 bridgehead atoms. The highest BCUT2D eigenvalue weighted by atomic mass is 16.6. The first-order valence-corrected chi connectivity index (χ1v) is 5.19. The molecule has 0 aromatic heterocycles. The van der Waals surface area contributed by atoms with E-state index in [1.807, 2.05) is 0 Å². The van der Waals surface area contributed by atoms with Crippen molar-refractivity contribution in [2.45, 2.75) is 32.4 Å². The van der Waals surface area contributed by atoms with Gasteiger partial charge >= 0.3 is 6.09 Å². The number of amides is 1. The van der Waals surface area contributed by atoms with Gasteiger partial charge in [0.15, 0.2) is 0 Å². The predicted octanol–water partition coefficient (Wildman–Crippen LogP) is 1.96. The zero-order valence-electron chi connectivity index (χ0n) is 10.3. The minimum absolute atomic E-state index is 0.184. The van der Waals surface area contributed by atoms with Crippen LogP contribution < -0.4 is 0 Å². The summed E-state index contributed by atoms with van der Waals surface area (Å²) >= 11 is 0. The fourth-order valence-corrected chi connectivity index (χ4v) is 1.11. The minimum Gasteiger partial charge on any atom is -0.444 e. The minimum atomic E-state index is -0.558. The summed E-state index contributed by atoms with van der Waals surface area (Å²) in [6.45, 7) is 12.6. The molecule has 0 unspecified atom stereocenters. The van der Waals surface area contributed by atoms with Crippen LogP contribution in [0.15, 0.2) is 25.3 Å². The second-order valence-corrected chi connectivity index (χ2v) is 4.41. The zero-order chi connectivity index (χ0) is 12.8. The van der Waals surface area contributed by atoms with Gasteiger partial charge in [-0.05, 0) is 20.8 Å². The summed E-state index contributed by atoms with van der Waals surface area (Å²) in [6.07, 6.45) is 2.61. The van der Waals surface area contributed by atoms with Crippen molar-refractivity contribution in [3.63, 3.8) is 0 Å². The molecule has 0 saturated carbocycles. The lowest BCUT2D eigenvalue weighted by Gasteiger charge is -2.30. The Morgan fingerprint density at radius 2 is 2.06 bits per heavy atom. The number of ether oxygens (including phenoxy) is 1. The molecule has 0 aromatic carbocycles. The van der Waals surface area contributed by atoms with Crippen LogP contribution in [0.4, 0.5) is 4.79 Å². The van der Waals surface area contributed by atoms with Gasteiger partial charge in [0, 0.05) is 6.54 Å². The van der Waals surface area contributed by atoms with Crippen molar-refractivity contribution in [1.29, 1.82) is 0 Å². The van der Waals surface area contributed by atoms with Crippen LogP contribution in [0.5, 0.6) is 0 Å². The Kier molecular flexibility index (Phi) is 5.82. The molecule has 1 N–H and O–H groups in total. The summed E-state index contributed by atoms with van der Waals surface area (Å²) in [5, 5.41) is 9.12. The van der Waals surface area contributed by atoms with E-state index in [4.69, 9.17) is 9.84 Å². The number of carbonyl (C=O) groups is 1. The third-order valence-electron chi connectivity index (χ3n) is 1.81. The van der Waals surface area contributed by atoms with Crippen LogP contribution in [0.3, 0.4) is 0 Å². The molecule has 0 spiro atoms. The van der Waals surface area contributed by atoms with Gasteiger partial charge in [0.1, 0.15) is 5.60 Å². The van der Waals surface area contributed by atoms with Crippen molar-refractivity contribution in [1.82, 2.24) is 4.90 Å². The molecule has 0 aliphatic carbocycles. The molecule has 0 radical (unpaired) electrons. The van der Waals surface area contributed by atoms with Gasteiger partial charge in [0.25, 0.3) is 0 Å². The highest BCUT2D eigenvalue weighted by molar-refractivity contribution is 5.69. The van der Waals surface area contributed by atoms with Gasteiger partial charge < -0.3 is 9.84 Å². The Labute approximate surface area is 97.2 Å². The molecular formula is C12H21NO3. The van der Waals surface area contributed by atoms with Crippen LogP contribution in [-0.2, 0) is 4.74 Å². The average molecular weight is 227 g/mol. The van der Waals surface area contributed by atoms with E-state index in [-0.39, 0.29) is 6.61 Å². The van der Waals surface area contributed by atoms with Crippen LogP contribution in [-0.4, -0.2) is 40.9 Å². The summed E-state index contributed by atoms with van der Waals surface area (Å²) < 4.78 is 5.22. The summed E-state index contributed by atoms with van der Waals surface area (Å²) in [5.74, 6) is 0. The third-order valence-corrected chi connectivity index (χ3v) is 1.81. The van der Waals surface area contributed by atoms with Crippen LogP contribution in [0, 0.1) is 0 Å². The van der Waals surface area contributed by atoms with Crippen molar-refractivity contribution in [2.75, 3.05) is 13.2 Å². The van der Waals surface area contributed by atoms with E-state index in [9.17, 15) is 4.79 Å². The lowest BCUT2D eigenvalue weighted by molar-refractivity contribution is 0.0176. The van der Waals surface area contributed by atoms with E-state index >= 15 is 0 Å². The van der Waals surface area contributed by atoms with Gasteiger partial charge in [-0.15, -0.1) is 13.2 Å². The summed E-state index contributed by atoms with van der Waals surface area (Å²) in [4.78, 5) is 13.2. The Morgan fingerprint density at radius 1 is 1.50 bits per heavy atom. The number of rotatable bonds is 5. The van der Waals surface area contributed by atoms with Crippen molar-refractivity contribution in [3.8, 4) is 0 Å². The molecule has 0 aromatic rings. The maximum atomic E-state index is 11.8. The lowest BCUT2D eigenvalue weighted by Crippen LogP contribution is -2.44. The molecule has 16 heavy (non-hydrogen) atoms. The van der Waals surface area contributed by atoms with Gasteiger partial charge in [0.05, 0.1) is 12.6 Å². The largest absolute Gasteiger partial charge is 0.444 e. The fraction of sp³-hybridized carbons (Fsp3) is 0.583. The molecular weight excluding hydrogens is 206 g/mol. The molecule has 1 atom stereocenters. The quantitative estimate of drug-likeness (QED) is 0.730. The Hall–Kier alpha value is -1.29. The average Bonchev–Trinajstić information content (AvgIpc) is 2.15. The maximum Gasteiger partial charge on any atom is 0.411 e. The highest BCUT2D eigenvalue weighted by Crippen LogP contribution is 2.12. The van der Waals surface area contributed by atoms with E-state index in [2.05, 4.69) is 13.2 Å². The number of hydrogen-bond donors (Lipinski definition) is 1. The Morgan fingerprint density at radius 3 is 2.38 bits per heavy atom. The van der Waals surface area contributed by atoms with Gasteiger partial charge in [-0.2, -0.15) is 0 Å². The third kappa shape index (κ3) is 4.98. The van der Waals surface area contributed by atoms with Crippen LogP contribution in [0.25, 0.3) is 0 Å². The molecule has 92 valence electrons. The Balaban J connectivity index is 4.69. The number of hydrogen-bond acceptors (Lipinski definition) is 3. The SMILES string of the molecule is C=CCN(C(=O)OC(C)(C)C)[C@@H](C=C)CO. The molecule has 4 nitrogen and oxygen atoms in total.